The van der Waals surface area contributed by atoms with Gasteiger partial charge >= 0.3 is 0 Å². The fourth-order valence-corrected chi connectivity index (χ4v) is 2.69. The van der Waals surface area contributed by atoms with Crippen molar-refractivity contribution in [2.45, 2.75) is 70.5 Å². The molecule has 4 atom stereocenters. The van der Waals surface area contributed by atoms with E-state index in [2.05, 4.69) is 5.32 Å². The highest BCUT2D eigenvalue weighted by Crippen LogP contribution is 2.36. The lowest BCUT2D eigenvalue weighted by Gasteiger charge is -2.26. The van der Waals surface area contributed by atoms with Crippen molar-refractivity contribution < 1.29 is 28.5 Å². The maximum absolute atomic E-state index is 11.3. The zero-order valence-electron chi connectivity index (χ0n) is 13.0. The molecule has 21 heavy (non-hydrogen) atoms. The maximum Gasteiger partial charge on any atom is 0.217 e. The standard InChI is InChI=1S/C14H23NO6/c1-8(17)15-9(6-16)11-12(21-14(4,5)20-11)10-7-18-13(2,3)19-10/h6,9-12H,7H2,1-5H3,(H,15,17)/t9-,10+,11+,12+/m1/s1. The number of nitrogens with one attached hydrogen (secondary N) is 1. The first-order chi connectivity index (χ1) is 9.63. The number of hydrogen-bond acceptors (Lipinski definition) is 6. The molecule has 7 nitrogen and oxygen atoms in total. The highest BCUT2D eigenvalue weighted by atomic mass is 16.8. The molecule has 1 amide bonds. The Morgan fingerprint density at radius 1 is 1.19 bits per heavy atom. The van der Waals surface area contributed by atoms with Crippen LogP contribution in [0.15, 0.2) is 0 Å². The fraction of sp³-hybridized carbons (Fsp3) is 0.857. The van der Waals surface area contributed by atoms with Crippen LogP contribution in [0.3, 0.4) is 0 Å². The van der Waals surface area contributed by atoms with Gasteiger partial charge in [-0.1, -0.05) is 0 Å². The van der Waals surface area contributed by atoms with Crippen LogP contribution in [0, 0.1) is 0 Å². The van der Waals surface area contributed by atoms with Crippen molar-refractivity contribution in [3.05, 3.63) is 0 Å². The fourth-order valence-electron chi connectivity index (χ4n) is 2.69. The smallest absolute Gasteiger partial charge is 0.217 e. The molecule has 2 heterocycles. The van der Waals surface area contributed by atoms with Crippen LogP contribution in [-0.4, -0.2) is 54.7 Å². The molecule has 7 heteroatoms. The number of carbonyl (C=O) groups excluding carboxylic acids is 2. The molecule has 0 aromatic carbocycles. The van der Waals surface area contributed by atoms with Crippen LogP contribution in [0.25, 0.3) is 0 Å². The summed E-state index contributed by atoms with van der Waals surface area (Å²) in [7, 11) is 0. The number of rotatable bonds is 4. The molecule has 2 aliphatic rings. The molecular formula is C14H23NO6. The molecule has 0 unspecified atom stereocenters. The number of aldehydes is 1. The molecular weight excluding hydrogens is 278 g/mol. The van der Waals surface area contributed by atoms with Gasteiger partial charge in [-0.05, 0) is 27.7 Å². The molecule has 0 aromatic heterocycles. The summed E-state index contributed by atoms with van der Waals surface area (Å²) in [4.78, 5) is 22.5. The third kappa shape index (κ3) is 3.79. The number of hydrogen-bond donors (Lipinski definition) is 1. The van der Waals surface area contributed by atoms with Crippen molar-refractivity contribution >= 4 is 12.2 Å². The van der Waals surface area contributed by atoms with Gasteiger partial charge in [-0.2, -0.15) is 0 Å². The Balaban J connectivity index is 2.16. The van der Waals surface area contributed by atoms with Crippen molar-refractivity contribution in [1.29, 1.82) is 0 Å². The van der Waals surface area contributed by atoms with Crippen LogP contribution < -0.4 is 5.32 Å². The van der Waals surface area contributed by atoms with E-state index in [1.165, 1.54) is 6.92 Å². The summed E-state index contributed by atoms with van der Waals surface area (Å²) in [5.74, 6) is -1.86. The van der Waals surface area contributed by atoms with Gasteiger partial charge in [-0.15, -0.1) is 0 Å². The van der Waals surface area contributed by atoms with Crippen LogP contribution in [0.5, 0.6) is 0 Å². The molecule has 120 valence electrons. The summed E-state index contributed by atoms with van der Waals surface area (Å²) < 4.78 is 23.0. The van der Waals surface area contributed by atoms with E-state index in [0.29, 0.717) is 12.9 Å². The predicted octanol–water partition coefficient (Wildman–Crippen LogP) is 0.362. The van der Waals surface area contributed by atoms with E-state index in [-0.39, 0.29) is 12.0 Å². The van der Waals surface area contributed by atoms with E-state index in [1.54, 1.807) is 13.8 Å². The molecule has 2 rings (SSSR count). The lowest BCUT2D eigenvalue weighted by atomic mass is 10.0. The van der Waals surface area contributed by atoms with Gasteiger partial charge in [0.25, 0.3) is 0 Å². The Morgan fingerprint density at radius 3 is 2.33 bits per heavy atom. The second-order valence-electron chi connectivity index (χ2n) is 6.29. The van der Waals surface area contributed by atoms with Gasteiger partial charge in [0.1, 0.15) is 30.6 Å². The van der Waals surface area contributed by atoms with Crippen molar-refractivity contribution in [3.63, 3.8) is 0 Å². The van der Waals surface area contributed by atoms with E-state index in [9.17, 15) is 9.59 Å². The first kappa shape index (κ1) is 16.4. The summed E-state index contributed by atoms with van der Waals surface area (Å²) in [5, 5.41) is 2.58. The average molecular weight is 301 g/mol. The topological polar surface area (TPSA) is 83.1 Å². The minimum Gasteiger partial charge on any atom is -0.348 e. The highest BCUT2D eigenvalue weighted by Gasteiger charge is 2.52. The Bertz CT molecular complexity index is 422. The minimum absolute atomic E-state index is 0.303. The quantitative estimate of drug-likeness (QED) is 0.755. The SMILES string of the molecule is CC(=O)N[C@H](C=O)[C@@H]1OC(C)(C)O[C@H]1[C@@H]1COC(C)(C)O1. The van der Waals surface area contributed by atoms with Crippen molar-refractivity contribution in [1.82, 2.24) is 5.32 Å². The van der Waals surface area contributed by atoms with Gasteiger partial charge < -0.3 is 29.1 Å². The molecule has 2 saturated heterocycles. The van der Waals surface area contributed by atoms with Crippen molar-refractivity contribution in [2.75, 3.05) is 6.61 Å². The molecule has 0 bridgehead atoms. The van der Waals surface area contributed by atoms with E-state index in [4.69, 9.17) is 18.9 Å². The molecule has 0 radical (unpaired) electrons. The lowest BCUT2D eigenvalue weighted by Crippen LogP contribution is -2.51. The molecule has 0 saturated carbocycles. The van der Waals surface area contributed by atoms with Crippen LogP contribution in [0.2, 0.25) is 0 Å². The Labute approximate surface area is 124 Å². The lowest BCUT2D eigenvalue weighted by molar-refractivity contribution is -0.175. The first-order valence-corrected chi connectivity index (χ1v) is 7.03. The molecule has 0 spiro atoms. The number of amides is 1. The van der Waals surface area contributed by atoms with Gasteiger partial charge in [0.05, 0.1) is 6.61 Å². The van der Waals surface area contributed by atoms with Crippen LogP contribution in [0.1, 0.15) is 34.6 Å². The Hall–Kier alpha value is -1.02. The van der Waals surface area contributed by atoms with E-state index >= 15 is 0 Å². The molecule has 2 aliphatic heterocycles. The molecule has 1 N–H and O–H groups in total. The average Bonchev–Trinajstić information content (AvgIpc) is 2.85. The zero-order chi connectivity index (χ0) is 15.8. The first-order valence-electron chi connectivity index (χ1n) is 7.03. The highest BCUT2D eigenvalue weighted by molar-refractivity contribution is 5.77. The second-order valence-corrected chi connectivity index (χ2v) is 6.29. The Kier molecular flexibility index (Phi) is 4.39. The molecule has 2 fully saturated rings. The van der Waals surface area contributed by atoms with E-state index in [0.717, 1.165) is 0 Å². The summed E-state index contributed by atoms with van der Waals surface area (Å²) >= 11 is 0. The van der Waals surface area contributed by atoms with Gasteiger partial charge in [0.15, 0.2) is 11.6 Å². The largest absolute Gasteiger partial charge is 0.348 e. The summed E-state index contributed by atoms with van der Waals surface area (Å²) in [6.45, 7) is 8.85. The van der Waals surface area contributed by atoms with Gasteiger partial charge in [-0.3, -0.25) is 4.79 Å². The number of ether oxygens (including phenoxy) is 4. The van der Waals surface area contributed by atoms with Crippen LogP contribution >= 0.6 is 0 Å². The molecule has 0 aromatic rings. The third-order valence-corrected chi connectivity index (χ3v) is 3.43. The van der Waals surface area contributed by atoms with Gasteiger partial charge in [0.2, 0.25) is 5.91 Å². The second kappa shape index (κ2) is 5.64. The van der Waals surface area contributed by atoms with Crippen molar-refractivity contribution in [2.24, 2.45) is 0 Å². The summed E-state index contributed by atoms with van der Waals surface area (Å²) in [6.07, 6.45) is -0.819. The van der Waals surface area contributed by atoms with Crippen molar-refractivity contribution in [3.8, 4) is 0 Å². The third-order valence-electron chi connectivity index (χ3n) is 3.43. The van der Waals surface area contributed by atoms with E-state index < -0.39 is 29.8 Å². The monoisotopic (exact) mass is 301 g/mol. The van der Waals surface area contributed by atoms with Gasteiger partial charge in [-0.25, -0.2) is 0 Å². The maximum atomic E-state index is 11.3. The normalized spacial score (nSPS) is 35.4. The van der Waals surface area contributed by atoms with Crippen LogP contribution in [0.4, 0.5) is 0 Å². The zero-order valence-corrected chi connectivity index (χ0v) is 13.0. The Morgan fingerprint density at radius 2 is 1.86 bits per heavy atom. The molecule has 0 aliphatic carbocycles. The number of carbonyl (C=O) groups is 2. The van der Waals surface area contributed by atoms with E-state index in [1.807, 2.05) is 13.8 Å². The van der Waals surface area contributed by atoms with Crippen LogP contribution in [-0.2, 0) is 28.5 Å². The predicted molar refractivity (Wildman–Crippen MR) is 72.4 cm³/mol. The summed E-state index contributed by atoms with van der Waals surface area (Å²) in [6, 6.07) is -0.790. The van der Waals surface area contributed by atoms with Gasteiger partial charge in [0, 0.05) is 6.92 Å². The summed E-state index contributed by atoms with van der Waals surface area (Å²) in [5.41, 5.74) is 0. The minimum atomic E-state index is -0.856.